The van der Waals surface area contributed by atoms with Crippen molar-refractivity contribution in [1.82, 2.24) is 9.55 Å². The van der Waals surface area contributed by atoms with Crippen LogP contribution in [0.3, 0.4) is 0 Å². The molecule has 19 heavy (non-hydrogen) atoms. The third-order valence-electron chi connectivity index (χ3n) is 4.00. The van der Waals surface area contributed by atoms with Crippen LogP contribution in [0.15, 0.2) is 30.7 Å². The highest BCUT2D eigenvalue weighted by Crippen LogP contribution is 2.36. The average molecular weight is 255 g/mol. The molecule has 2 aromatic rings. The van der Waals surface area contributed by atoms with Crippen molar-refractivity contribution in [3.05, 3.63) is 53.4 Å². The second-order valence-electron chi connectivity index (χ2n) is 5.38. The number of benzene rings is 1. The Morgan fingerprint density at radius 3 is 3.05 bits per heavy atom. The van der Waals surface area contributed by atoms with E-state index in [0.29, 0.717) is 11.1 Å². The largest absolute Gasteiger partial charge is 0.334 e. The summed E-state index contributed by atoms with van der Waals surface area (Å²) >= 11 is 0. The van der Waals surface area contributed by atoms with Crippen molar-refractivity contribution in [3.8, 4) is 6.07 Å². The summed E-state index contributed by atoms with van der Waals surface area (Å²) in [4.78, 5) is 4.14. The second kappa shape index (κ2) is 4.20. The monoisotopic (exact) mass is 255 g/mol. The molecule has 4 heteroatoms. The van der Waals surface area contributed by atoms with Crippen LogP contribution < -0.4 is 0 Å². The Balaban J connectivity index is 2.01. The maximum Gasteiger partial charge on any atom is 0.128 e. The van der Waals surface area contributed by atoms with Crippen LogP contribution in [0.4, 0.5) is 4.39 Å². The molecule has 0 radical (unpaired) electrons. The molecule has 0 saturated heterocycles. The van der Waals surface area contributed by atoms with Gasteiger partial charge in [0.05, 0.1) is 18.0 Å². The number of hydrogen-bond acceptors (Lipinski definition) is 2. The quantitative estimate of drug-likeness (QED) is 0.786. The molecule has 1 aliphatic rings. The van der Waals surface area contributed by atoms with E-state index in [0.717, 1.165) is 19.4 Å². The Kier molecular flexibility index (Phi) is 2.63. The van der Waals surface area contributed by atoms with Crippen molar-refractivity contribution in [2.45, 2.75) is 31.7 Å². The molecule has 0 fully saturated rings. The predicted molar refractivity (Wildman–Crippen MR) is 69.0 cm³/mol. The van der Waals surface area contributed by atoms with Crippen LogP contribution in [-0.2, 0) is 18.4 Å². The molecule has 0 aliphatic carbocycles. The first-order chi connectivity index (χ1) is 9.12. The van der Waals surface area contributed by atoms with Crippen molar-refractivity contribution < 1.29 is 4.39 Å². The Morgan fingerprint density at radius 2 is 2.32 bits per heavy atom. The number of halogens is 1. The highest BCUT2D eigenvalue weighted by atomic mass is 19.1. The van der Waals surface area contributed by atoms with E-state index in [9.17, 15) is 4.39 Å². The maximum atomic E-state index is 14.2. The van der Waals surface area contributed by atoms with Gasteiger partial charge in [-0.2, -0.15) is 5.26 Å². The van der Waals surface area contributed by atoms with Crippen molar-refractivity contribution >= 4 is 0 Å². The van der Waals surface area contributed by atoms with Crippen LogP contribution in [0, 0.1) is 17.1 Å². The fourth-order valence-corrected chi connectivity index (χ4v) is 2.85. The van der Waals surface area contributed by atoms with Gasteiger partial charge in [0.2, 0.25) is 0 Å². The minimum absolute atomic E-state index is 0.244. The molecule has 2 heterocycles. The minimum atomic E-state index is -0.287. The van der Waals surface area contributed by atoms with Gasteiger partial charge in [-0.15, -0.1) is 0 Å². The van der Waals surface area contributed by atoms with Crippen LogP contribution in [-0.4, -0.2) is 9.55 Å². The van der Waals surface area contributed by atoms with Gasteiger partial charge in [0.15, 0.2) is 0 Å². The highest BCUT2D eigenvalue weighted by molar-refractivity contribution is 5.36. The smallest absolute Gasteiger partial charge is 0.128 e. The molecule has 0 spiro atoms. The number of hydrogen-bond donors (Lipinski definition) is 0. The van der Waals surface area contributed by atoms with Gasteiger partial charge < -0.3 is 4.57 Å². The van der Waals surface area contributed by atoms with Gasteiger partial charge in [-0.25, -0.2) is 9.37 Å². The Hall–Kier alpha value is -2.15. The number of aryl methyl sites for hydroxylation is 1. The van der Waals surface area contributed by atoms with E-state index in [-0.39, 0.29) is 11.2 Å². The molecule has 3 rings (SSSR count). The summed E-state index contributed by atoms with van der Waals surface area (Å²) in [5.41, 5.74) is 2.01. The lowest BCUT2D eigenvalue weighted by Gasteiger charge is -2.35. The molecular formula is C15H14FN3. The molecule has 0 amide bonds. The molecule has 1 atom stereocenters. The normalized spacial score (nSPS) is 21.7. The first-order valence-electron chi connectivity index (χ1n) is 6.31. The van der Waals surface area contributed by atoms with Gasteiger partial charge in [-0.1, -0.05) is 13.0 Å². The summed E-state index contributed by atoms with van der Waals surface area (Å²) in [7, 11) is 0. The predicted octanol–water partition coefficient (Wildman–Crippen LogP) is 2.80. The zero-order valence-corrected chi connectivity index (χ0v) is 10.7. The van der Waals surface area contributed by atoms with Crippen LogP contribution in [0.5, 0.6) is 0 Å². The van der Waals surface area contributed by atoms with Crippen LogP contribution in [0.25, 0.3) is 0 Å². The molecule has 3 nitrogen and oxygen atoms in total. The number of imidazole rings is 1. The summed E-state index contributed by atoms with van der Waals surface area (Å²) in [5, 5.41) is 8.80. The fourth-order valence-electron chi connectivity index (χ4n) is 2.85. The topological polar surface area (TPSA) is 41.6 Å². The van der Waals surface area contributed by atoms with Crippen LogP contribution in [0.2, 0.25) is 0 Å². The summed E-state index contributed by atoms with van der Waals surface area (Å²) in [5.74, 6) is -0.287. The third kappa shape index (κ3) is 1.91. The van der Waals surface area contributed by atoms with E-state index >= 15 is 0 Å². The lowest BCUT2D eigenvalue weighted by molar-refractivity contribution is 0.317. The minimum Gasteiger partial charge on any atom is -0.334 e. The molecule has 1 aliphatic heterocycles. The summed E-state index contributed by atoms with van der Waals surface area (Å²) in [6, 6.07) is 6.72. The first kappa shape index (κ1) is 11.9. The van der Waals surface area contributed by atoms with E-state index in [4.69, 9.17) is 5.26 Å². The number of fused-ring (bicyclic) bond motifs is 1. The van der Waals surface area contributed by atoms with Crippen molar-refractivity contribution in [1.29, 1.82) is 5.26 Å². The van der Waals surface area contributed by atoms with Crippen molar-refractivity contribution in [2.75, 3.05) is 0 Å². The second-order valence-corrected chi connectivity index (χ2v) is 5.38. The first-order valence-corrected chi connectivity index (χ1v) is 6.31. The molecule has 0 bridgehead atoms. The Bertz CT molecular complexity index is 668. The maximum absolute atomic E-state index is 14.2. The van der Waals surface area contributed by atoms with E-state index in [2.05, 4.69) is 16.5 Å². The third-order valence-corrected chi connectivity index (χ3v) is 4.00. The van der Waals surface area contributed by atoms with Crippen LogP contribution >= 0.6 is 0 Å². The van der Waals surface area contributed by atoms with Gasteiger partial charge in [-0.05, 0) is 30.5 Å². The number of nitrogens with zero attached hydrogens (tertiary/aromatic N) is 3. The van der Waals surface area contributed by atoms with Gasteiger partial charge >= 0.3 is 0 Å². The molecular weight excluding hydrogens is 241 g/mol. The van der Waals surface area contributed by atoms with E-state index in [1.165, 1.54) is 11.8 Å². The molecule has 0 saturated carbocycles. The highest BCUT2D eigenvalue weighted by Gasteiger charge is 2.33. The van der Waals surface area contributed by atoms with E-state index < -0.39 is 0 Å². The van der Waals surface area contributed by atoms with E-state index in [1.807, 2.05) is 12.3 Å². The van der Waals surface area contributed by atoms with Crippen molar-refractivity contribution in [3.63, 3.8) is 0 Å². The molecule has 0 N–H and O–H groups in total. The molecule has 1 aromatic carbocycles. The molecule has 1 aromatic heterocycles. The lowest BCUT2D eigenvalue weighted by Crippen LogP contribution is -2.34. The summed E-state index contributed by atoms with van der Waals surface area (Å²) in [6.45, 7) is 2.80. The zero-order chi connectivity index (χ0) is 13.5. The van der Waals surface area contributed by atoms with Gasteiger partial charge in [-0.3, -0.25) is 0 Å². The summed E-state index contributed by atoms with van der Waals surface area (Å²) in [6.07, 6.45) is 5.46. The fraction of sp³-hybridized carbons (Fsp3) is 0.333. The number of nitriles is 1. The Labute approximate surface area is 111 Å². The zero-order valence-electron chi connectivity index (χ0n) is 10.7. The van der Waals surface area contributed by atoms with Crippen LogP contribution in [0.1, 0.15) is 30.2 Å². The lowest BCUT2D eigenvalue weighted by atomic mass is 9.75. The average Bonchev–Trinajstić information content (AvgIpc) is 2.85. The van der Waals surface area contributed by atoms with Gasteiger partial charge in [0.1, 0.15) is 5.82 Å². The van der Waals surface area contributed by atoms with Gasteiger partial charge in [0, 0.05) is 23.9 Å². The standard InChI is InChI=1S/C15H14FN3/c1-15(5-4-12-8-18-10-19(12)9-15)13-3-2-11(7-17)6-14(13)16/h2-3,6,8,10H,4-5,9H2,1H3. The molecule has 96 valence electrons. The molecule has 1 unspecified atom stereocenters. The summed E-state index contributed by atoms with van der Waals surface area (Å²) < 4.78 is 16.3. The van der Waals surface area contributed by atoms with E-state index in [1.54, 1.807) is 18.5 Å². The number of aromatic nitrogens is 2. The van der Waals surface area contributed by atoms with Gasteiger partial charge in [0.25, 0.3) is 0 Å². The SMILES string of the molecule is CC1(c2ccc(C#N)cc2F)CCc2cncn2C1. The number of rotatable bonds is 1. The Morgan fingerprint density at radius 1 is 1.47 bits per heavy atom. The van der Waals surface area contributed by atoms with Crippen molar-refractivity contribution in [2.24, 2.45) is 0 Å².